The van der Waals surface area contributed by atoms with E-state index in [1.165, 1.54) is 29.5 Å². The van der Waals surface area contributed by atoms with Crippen LogP contribution in [-0.2, 0) is 6.42 Å². The monoisotopic (exact) mass is 281 g/mol. The van der Waals surface area contributed by atoms with Gasteiger partial charge >= 0.3 is 0 Å². The summed E-state index contributed by atoms with van der Waals surface area (Å²) in [5.41, 5.74) is 4.21. The minimum Gasteiger partial charge on any atom is -0.496 e. The lowest BCUT2D eigenvalue weighted by Crippen LogP contribution is -2.25. The SMILES string of the molecule is CCC(NC1CCc2ccccc21)c1ccccc1OC. The van der Waals surface area contributed by atoms with Crippen LogP contribution in [0.1, 0.15) is 48.5 Å². The van der Waals surface area contributed by atoms with E-state index in [9.17, 15) is 0 Å². The lowest BCUT2D eigenvalue weighted by molar-refractivity contribution is 0.383. The summed E-state index contributed by atoms with van der Waals surface area (Å²) in [5.74, 6) is 0.975. The summed E-state index contributed by atoms with van der Waals surface area (Å²) in [6, 6.07) is 17.9. The number of rotatable bonds is 5. The van der Waals surface area contributed by atoms with Crippen molar-refractivity contribution in [1.82, 2.24) is 5.32 Å². The molecule has 21 heavy (non-hydrogen) atoms. The number of aryl methyl sites for hydroxylation is 1. The average Bonchev–Trinajstić information content (AvgIpc) is 2.95. The van der Waals surface area contributed by atoms with Gasteiger partial charge in [0.2, 0.25) is 0 Å². The maximum Gasteiger partial charge on any atom is 0.123 e. The quantitative estimate of drug-likeness (QED) is 0.875. The van der Waals surface area contributed by atoms with Crippen molar-refractivity contribution in [3.05, 3.63) is 65.2 Å². The van der Waals surface area contributed by atoms with Crippen molar-refractivity contribution in [3.8, 4) is 5.75 Å². The topological polar surface area (TPSA) is 21.3 Å². The second kappa shape index (κ2) is 6.31. The summed E-state index contributed by atoms with van der Waals surface area (Å²) in [5, 5.41) is 3.83. The molecule has 0 aliphatic heterocycles. The number of fused-ring (bicyclic) bond motifs is 1. The molecule has 2 atom stereocenters. The minimum absolute atomic E-state index is 0.331. The van der Waals surface area contributed by atoms with E-state index in [-0.39, 0.29) is 0 Å². The Morgan fingerprint density at radius 2 is 1.90 bits per heavy atom. The highest BCUT2D eigenvalue weighted by Gasteiger charge is 2.25. The van der Waals surface area contributed by atoms with Crippen LogP contribution in [0.2, 0.25) is 0 Å². The zero-order valence-corrected chi connectivity index (χ0v) is 12.8. The van der Waals surface area contributed by atoms with Gasteiger partial charge in [0.1, 0.15) is 5.75 Å². The third kappa shape index (κ3) is 2.81. The zero-order valence-electron chi connectivity index (χ0n) is 12.8. The van der Waals surface area contributed by atoms with E-state index < -0.39 is 0 Å². The molecule has 110 valence electrons. The van der Waals surface area contributed by atoms with Gasteiger partial charge < -0.3 is 10.1 Å². The molecule has 2 aromatic rings. The molecule has 0 heterocycles. The third-order valence-electron chi connectivity index (χ3n) is 4.46. The van der Waals surface area contributed by atoms with Gasteiger partial charge in [0.15, 0.2) is 0 Å². The molecule has 0 saturated carbocycles. The second-order valence-electron chi connectivity index (χ2n) is 5.66. The van der Waals surface area contributed by atoms with Crippen LogP contribution in [0.4, 0.5) is 0 Å². The lowest BCUT2D eigenvalue weighted by atomic mass is 10.0. The van der Waals surface area contributed by atoms with Crippen LogP contribution in [0, 0.1) is 0 Å². The Balaban J connectivity index is 1.83. The molecule has 0 fully saturated rings. The first-order chi connectivity index (χ1) is 10.3. The highest BCUT2D eigenvalue weighted by Crippen LogP contribution is 2.35. The Morgan fingerprint density at radius 3 is 2.71 bits per heavy atom. The Morgan fingerprint density at radius 1 is 1.14 bits per heavy atom. The predicted octanol–water partition coefficient (Wildman–Crippen LogP) is 4.42. The smallest absolute Gasteiger partial charge is 0.123 e. The standard InChI is InChI=1S/C19H23NO/c1-3-17(16-10-6-7-11-19(16)21-2)20-18-13-12-14-8-4-5-9-15(14)18/h4-11,17-18,20H,3,12-13H2,1-2H3. The zero-order chi connectivity index (χ0) is 14.7. The molecule has 0 radical (unpaired) electrons. The molecular weight excluding hydrogens is 258 g/mol. The van der Waals surface area contributed by atoms with E-state index in [1.54, 1.807) is 7.11 Å². The van der Waals surface area contributed by atoms with Crippen molar-refractivity contribution in [3.63, 3.8) is 0 Å². The minimum atomic E-state index is 0.331. The molecule has 2 nitrogen and oxygen atoms in total. The molecule has 0 saturated heterocycles. The van der Waals surface area contributed by atoms with E-state index in [0.29, 0.717) is 12.1 Å². The number of para-hydroxylation sites is 1. The molecule has 1 N–H and O–H groups in total. The van der Waals surface area contributed by atoms with Crippen molar-refractivity contribution in [2.24, 2.45) is 0 Å². The summed E-state index contributed by atoms with van der Waals surface area (Å²) in [4.78, 5) is 0. The fraction of sp³-hybridized carbons (Fsp3) is 0.368. The molecule has 0 amide bonds. The number of hydrogen-bond acceptors (Lipinski definition) is 2. The van der Waals surface area contributed by atoms with Crippen LogP contribution < -0.4 is 10.1 Å². The van der Waals surface area contributed by atoms with Crippen molar-refractivity contribution in [2.75, 3.05) is 7.11 Å². The second-order valence-corrected chi connectivity index (χ2v) is 5.66. The highest BCUT2D eigenvalue weighted by molar-refractivity contribution is 5.38. The van der Waals surface area contributed by atoms with Gasteiger partial charge in [-0.1, -0.05) is 49.4 Å². The Hall–Kier alpha value is -1.80. The molecule has 2 heteroatoms. The van der Waals surface area contributed by atoms with Crippen LogP contribution in [0.25, 0.3) is 0 Å². The van der Waals surface area contributed by atoms with E-state index in [1.807, 2.05) is 12.1 Å². The van der Waals surface area contributed by atoms with Crippen molar-refractivity contribution >= 4 is 0 Å². The number of hydrogen-bond donors (Lipinski definition) is 1. The van der Waals surface area contributed by atoms with Crippen LogP contribution in [-0.4, -0.2) is 7.11 Å². The summed E-state index contributed by atoms with van der Waals surface area (Å²) in [7, 11) is 1.75. The van der Waals surface area contributed by atoms with Crippen molar-refractivity contribution in [2.45, 2.75) is 38.3 Å². The third-order valence-corrected chi connectivity index (χ3v) is 4.46. The highest BCUT2D eigenvalue weighted by atomic mass is 16.5. The summed E-state index contributed by atoms with van der Waals surface area (Å²) >= 11 is 0. The van der Waals surface area contributed by atoms with Crippen LogP contribution in [0.5, 0.6) is 5.75 Å². The maximum atomic E-state index is 5.52. The number of ether oxygens (including phenoxy) is 1. The van der Waals surface area contributed by atoms with Crippen molar-refractivity contribution < 1.29 is 4.74 Å². The fourth-order valence-electron chi connectivity index (χ4n) is 3.35. The van der Waals surface area contributed by atoms with Gasteiger partial charge in [-0.2, -0.15) is 0 Å². The van der Waals surface area contributed by atoms with Gasteiger partial charge in [-0.15, -0.1) is 0 Å². The molecule has 1 aliphatic carbocycles. The van der Waals surface area contributed by atoms with Crippen LogP contribution in [0.15, 0.2) is 48.5 Å². The molecule has 2 unspecified atom stereocenters. The number of nitrogens with one attached hydrogen (secondary N) is 1. The number of methoxy groups -OCH3 is 1. The average molecular weight is 281 g/mol. The van der Waals surface area contributed by atoms with Crippen molar-refractivity contribution in [1.29, 1.82) is 0 Å². The fourth-order valence-corrected chi connectivity index (χ4v) is 3.35. The molecule has 0 spiro atoms. The van der Waals surface area contributed by atoms with Gasteiger partial charge in [-0.3, -0.25) is 0 Å². The Bertz CT molecular complexity index is 608. The van der Waals surface area contributed by atoms with E-state index in [4.69, 9.17) is 4.74 Å². The van der Waals surface area contributed by atoms with E-state index in [2.05, 4.69) is 48.6 Å². The molecule has 2 aromatic carbocycles. The lowest BCUT2D eigenvalue weighted by Gasteiger charge is -2.24. The van der Waals surface area contributed by atoms with E-state index >= 15 is 0 Å². The Kier molecular flexibility index (Phi) is 4.26. The maximum absolute atomic E-state index is 5.52. The normalized spacial score (nSPS) is 18.3. The molecule has 3 rings (SSSR count). The summed E-state index contributed by atoms with van der Waals surface area (Å²) < 4.78 is 5.52. The predicted molar refractivity (Wildman–Crippen MR) is 86.7 cm³/mol. The van der Waals surface area contributed by atoms with E-state index in [0.717, 1.165) is 12.2 Å². The first kappa shape index (κ1) is 14.2. The van der Waals surface area contributed by atoms with Gasteiger partial charge in [-0.25, -0.2) is 0 Å². The first-order valence-electron chi connectivity index (χ1n) is 7.80. The van der Waals surface area contributed by atoms with Crippen LogP contribution >= 0.6 is 0 Å². The van der Waals surface area contributed by atoms with Gasteiger partial charge in [0.25, 0.3) is 0 Å². The largest absolute Gasteiger partial charge is 0.496 e. The van der Waals surface area contributed by atoms with Gasteiger partial charge in [-0.05, 0) is 36.5 Å². The molecule has 0 aromatic heterocycles. The summed E-state index contributed by atoms with van der Waals surface area (Å²) in [6.45, 7) is 2.23. The van der Waals surface area contributed by atoms with Gasteiger partial charge in [0, 0.05) is 17.6 Å². The van der Waals surface area contributed by atoms with Crippen LogP contribution in [0.3, 0.4) is 0 Å². The Labute approximate surface area is 127 Å². The summed E-state index contributed by atoms with van der Waals surface area (Å²) in [6.07, 6.45) is 3.42. The first-order valence-corrected chi connectivity index (χ1v) is 7.80. The molecule has 1 aliphatic rings. The number of benzene rings is 2. The molecule has 0 bridgehead atoms. The van der Waals surface area contributed by atoms with Gasteiger partial charge in [0.05, 0.1) is 7.11 Å². The molecular formula is C19H23NO.